The molecule has 0 saturated carbocycles. The van der Waals surface area contributed by atoms with Gasteiger partial charge >= 0.3 is 0 Å². The molecule has 0 aliphatic carbocycles. The van der Waals surface area contributed by atoms with Crippen molar-refractivity contribution < 1.29 is 0 Å². The van der Waals surface area contributed by atoms with Crippen molar-refractivity contribution in [1.29, 1.82) is 0 Å². The van der Waals surface area contributed by atoms with E-state index in [1.165, 1.54) is 13.0 Å². The van der Waals surface area contributed by atoms with Crippen LogP contribution in [0.15, 0.2) is 12.2 Å². The lowest BCUT2D eigenvalue weighted by Crippen LogP contribution is -2.30. The smallest absolute Gasteiger partial charge is 0.0205 e. The van der Waals surface area contributed by atoms with Crippen LogP contribution < -0.4 is 5.73 Å². The van der Waals surface area contributed by atoms with Crippen molar-refractivity contribution in [3.05, 3.63) is 12.2 Å². The summed E-state index contributed by atoms with van der Waals surface area (Å²) in [5, 5.41) is 0. The SMILES string of the molecule is C=C(CN)CN1CC(C)CC1C. The zero-order valence-electron chi connectivity index (χ0n) is 8.21. The number of likely N-dealkylation sites (tertiary alicyclic amines) is 1. The highest BCUT2D eigenvalue weighted by molar-refractivity contribution is 5.00. The van der Waals surface area contributed by atoms with Crippen LogP contribution in [0.4, 0.5) is 0 Å². The summed E-state index contributed by atoms with van der Waals surface area (Å²) in [6.45, 7) is 11.3. The van der Waals surface area contributed by atoms with Gasteiger partial charge in [0.05, 0.1) is 0 Å². The molecule has 0 bridgehead atoms. The van der Waals surface area contributed by atoms with Gasteiger partial charge in [0.15, 0.2) is 0 Å². The normalized spacial score (nSPS) is 30.9. The molecule has 2 unspecified atom stereocenters. The third-order valence-electron chi connectivity index (χ3n) is 2.63. The van der Waals surface area contributed by atoms with E-state index in [1.54, 1.807) is 0 Å². The molecule has 0 aromatic heterocycles. The van der Waals surface area contributed by atoms with Crippen LogP contribution in [0.1, 0.15) is 20.3 Å². The Balaban J connectivity index is 2.37. The van der Waals surface area contributed by atoms with Gasteiger partial charge in [-0.1, -0.05) is 13.5 Å². The van der Waals surface area contributed by atoms with Crippen LogP contribution in [0.25, 0.3) is 0 Å². The predicted octanol–water partition coefficient (Wildman–Crippen LogP) is 1.23. The Bertz CT molecular complexity index is 165. The maximum Gasteiger partial charge on any atom is 0.0205 e. The van der Waals surface area contributed by atoms with E-state index in [1.807, 2.05) is 0 Å². The van der Waals surface area contributed by atoms with Crippen LogP contribution in [0, 0.1) is 5.92 Å². The van der Waals surface area contributed by atoms with E-state index in [0.29, 0.717) is 12.6 Å². The van der Waals surface area contributed by atoms with Crippen molar-refractivity contribution in [3.63, 3.8) is 0 Å². The second kappa shape index (κ2) is 4.06. The Morgan fingerprint density at radius 3 is 2.67 bits per heavy atom. The molecule has 2 nitrogen and oxygen atoms in total. The Labute approximate surface area is 75.4 Å². The summed E-state index contributed by atoms with van der Waals surface area (Å²) in [4.78, 5) is 2.47. The van der Waals surface area contributed by atoms with E-state index in [9.17, 15) is 0 Å². The summed E-state index contributed by atoms with van der Waals surface area (Å²) in [6.07, 6.45) is 1.32. The molecule has 1 heterocycles. The zero-order chi connectivity index (χ0) is 9.14. The van der Waals surface area contributed by atoms with Gasteiger partial charge < -0.3 is 5.73 Å². The molecular weight excluding hydrogens is 148 g/mol. The molecule has 1 fully saturated rings. The first-order valence-corrected chi connectivity index (χ1v) is 4.74. The molecule has 70 valence electrons. The Morgan fingerprint density at radius 1 is 1.58 bits per heavy atom. The van der Waals surface area contributed by atoms with E-state index in [0.717, 1.165) is 18.0 Å². The largest absolute Gasteiger partial charge is 0.327 e. The van der Waals surface area contributed by atoms with Gasteiger partial charge in [0.1, 0.15) is 0 Å². The summed E-state index contributed by atoms with van der Waals surface area (Å²) < 4.78 is 0. The lowest BCUT2D eigenvalue weighted by atomic mass is 10.1. The molecule has 2 atom stereocenters. The Kier molecular flexibility index (Phi) is 3.29. The molecule has 0 aromatic rings. The highest BCUT2D eigenvalue weighted by Gasteiger charge is 2.25. The fourth-order valence-electron chi connectivity index (χ4n) is 1.96. The Morgan fingerprint density at radius 2 is 2.25 bits per heavy atom. The minimum atomic E-state index is 0.623. The van der Waals surface area contributed by atoms with Crippen molar-refractivity contribution in [3.8, 4) is 0 Å². The van der Waals surface area contributed by atoms with Crippen molar-refractivity contribution >= 4 is 0 Å². The summed E-state index contributed by atoms with van der Waals surface area (Å²) in [5.41, 5.74) is 6.65. The van der Waals surface area contributed by atoms with Gasteiger partial charge in [0.2, 0.25) is 0 Å². The molecule has 1 saturated heterocycles. The number of nitrogens with two attached hydrogens (primary N) is 1. The highest BCUT2D eigenvalue weighted by Crippen LogP contribution is 2.22. The summed E-state index contributed by atoms with van der Waals surface area (Å²) in [6, 6.07) is 0.711. The maximum absolute atomic E-state index is 5.50. The minimum Gasteiger partial charge on any atom is -0.327 e. The molecule has 2 heteroatoms. The summed E-state index contributed by atoms with van der Waals surface area (Å²) >= 11 is 0. The van der Waals surface area contributed by atoms with Crippen molar-refractivity contribution in [2.24, 2.45) is 11.7 Å². The second-order valence-corrected chi connectivity index (χ2v) is 4.07. The van der Waals surface area contributed by atoms with Crippen LogP contribution in [-0.2, 0) is 0 Å². The molecular formula is C10H20N2. The van der Waals surface area contributed by atoms with Crippen LogP contribution in [0.3, 0.4) is 0 Å². The van der Waals surface area contributed by atoms with Gasteiger partial charge in [-0.2, -0.15) is 0 Å². The molecule has 0 aromatic carbocycles. The summed E-state index contributed by atoms with van der Waals surface area (Å²) in [5.74, 6) is 0.838. The van der Waals surface area contributed by atoms with Gasteiger partial charge in [0.25, 0.3) is 0 Å². The first-order chi connectivity index (χ1) is 5.63. The Hall–Kier alpha value is -0.340. The van der Waals surface area contributed by atoms with Crippen LogP contribution in [-0.4, -0.2) is 30.6 Å². The van der Waals surface area contributed by atoms with Crippen LogP contribution in [0.2, 0.25) is 0 Å². The highest BCUT2D eigenvalue weighted by atomic mass is 15.2. The van der Waals surface area contributed by atoms with Crippen molar-refractivity contribution in [1.82, 2.24) is 4.90 Å². The fourth-order valence-corrected chi connectivity index (χ4v) is 1.96. The molecule has 1 aliphatic rings. The number of nitrogens with zero attached hydrogens (tertiary/aromatic N) is 1. The van der Waals surface area contributed by atoms with Gasteiger partial charge in [-0.15, -0.1) is 0 Å². The van der Waals surface area contributed by atoms with E-state index in [4.69, 9.17) is 5.73 Å². The molecule has 0 spiro atoms. The van der Waals surface area contributed by atoms with Crippen molar-refractivity contribution in [2.75, 3.05) is 19.6 Å². The third kappa shape index (κ3) is 2.32. The molecule has 1 aliphatic heterocycles. The molecule has 0 radical (unpaired) electrons. The lowest BCUT2D eigenvalue weighted by molar-refractivity contribution is 0.287. The fraction of sp³-hybridized carbons (Fsp3) is 0.800. The monoisotopic (exact) mass is 168 g/mol. The van der Waals surface area contributed by atoms with Gasteiger partial charge in [-0.05, 0) is 24.8 Å². The van der Waals surface area contributed by atoms with E-state index in [2.05, 4.69) is 25.3 Å². The third-order valence-corrected chi connectivity index (χ3v) is 2.63. The summed E-state index contributed by atoms with van der Waals surface area (Å²) in [7, 11) is 0. The number of rotatable bonds is 3. The first kappa shape index (κ1) is 9.75. The van der Waals surface area contributed by atoms with E-state index >= 15 is 0 Å². The number of hydrogen-bond donors (Lipinski definition) is 1. The van der Waals surface area contributed by atoms with E-state index < -0.39 is 0 Å². The quantitative estimate of drug-likeness (QED) is 0.642. The first-order valence-electron chi connectivity index (χ1n) is 4.74. The van der Waals surface area contributed by atoms with Crippen LogP contribution in [0.5, 0.6) is 0 Å². The van der Waals surface area contributed by atoms with Crippen LogP contribution >= 0.6 is 0 Å². The minimum absolute atomic E-state index is 0.623. The second-order valence-electron chi connectivity index (χ2n) is 4.07. The van der Waals surface area contributed by atoms with E-state index in [-0.39, 0.29) is 0 Å². The van der Waals surface area contributed by atoms with Crippen molar-refractivity contribution in [2.45, 2.75) is 26.3 Å². The lowest BCUT2D eigenvalue weighted by Gasteiger charge is -2.21. The predicted molar refractivity (Wildman–Crippen MR) is 53.0 cm³/mol. The maximum atomic E-state index is 5.50. The molecule has 0 amide bonds. The van der Waals surface area contributed by atoms with Gasteiger partial charge in [0, 0.05) is 25.7 Å². The average Bonchev–Trinajstić information content (AvgIpc) is 2.30. The molecule has 12 heavy (non-hydrogen) atoms. The van der Waals surface area contributed by atoms with Gasteiger partial charge in [-0.3, -0.25) is 4.90 Å². The zero-order valence-corrected chi connectivity index (χ0v) is 8.21. The van der Waals surface area contributed by atoms with Gasteiger partial charge in [-0.25, -0.2) is 0 Å². The molecule has 2 N–H and O–H groups in total. The standard InChI is InChI=1S/C10H20N2/c1-8-4-10(3)12(6-8)7-9(2)5-11/h8,10H,2,4-7,11H2,1,3H3. The average molecular weight is 168 g/mol. The topological polar surface area (TPSA) is 29.3 Å². The number of hydrogen-bond acceptors (Lipinski definition) is 2. The molecule has 1 rings (SSSR count).